The molecule has 0 amide bonds. The third-order valence-electron chi connectivity index (χ3n) is 3.45. The second kappa shape index (κ2) is 9.87. The molecular formula is C17H20Cl2N2O2S. The molecule has 1 heterocycles. The van der Waals surface area contributed by atoms with Crippen LogP contribution in [-0.2, 0) is 16.0 Å². The fourth-order valence-electron chi connectivity index (χ4n) is 2.21. The van der Waals surface area contributed by atoms with Crippen LogP contribution in [0.3, 0.4) is 0 Å². The minimum atomic E-state index is -0.386. The molecule has 0 aliphatic rings. The van der Waals surface area contributed by atoms with E-state index >= 15 is 0 Å². The Hall–Kier alpha value is -1.30. The van der Waals surface area contributed by atoms with Gasteiger partial charge in [-0.3, -0.25) is 0 Å². The van der Waals surface area contributed by atoms with Crippen LogP contribution in [0.5, 0.6) is 0 Å². The number of hydrogen-bond acceptors (Lipinski definition) is 4. The number of benzene rings is 1. The Morgan fingerprint density at radius 1 is 1.33 bits per heavy atom. The Morgan fingerprint density at radius 3 is 2.83 bits per heavy atom. The molecule has 0 saturated carbocycles. The largest absolute Gasteiger partial charge is 0.457 e. The molecule has 24 heavy (non-hydrogen) atoms. The zero-order valence-electron chi connectivity index (χ0n) is 13.5. The van der Waals surface area contributed by atoms with Gasteiger partial charge in [-0.2, -0.15) is 0 Å². The lowest BCUT2D eigenvalue weighted by Crippen LogP contribution is -2.18. The third kappa shape index (κ3) is 5.96. The summed E-state index contributed by atoms with van der Waals surface area (Å²) >= 11 is 17.5. The Bertz CT molecular complexity index is 650. The topological polar surface area (TPSA) is 36.3 Å². The quantitative estimate of drug-likeness (QED) is 0.446. The molecule has 2 rings (SSSR count). The van der Waals surface area contributed by atoms with Crippen molar-refractivity contribution in [3.63, 3.8) is 0 Å². The van der Waals surface area contributed by atoms with E-state index in [0.29, 0.717) is 23.2 Å². The predicted octanol–water partition coefficient (Wildman–Crippen LogP) is 5.44. The molecule has 1 atom stereocenters. The second-order valence-electron chi connectivity index (χ2n) is 5.34. The molecule has 0 fully saturated rings. The van der Waals surface area contributed by atoms with Crippen molar-refractivity contribution in [3.05, 3.63) is 52.5 Å². The standard InChI is InChI=1S/C17H20Cl2N2O2S/c1-2-3-4-9-22-17(24)23-16(11-21-8-7-20-12-21)14-6-5-13(18)10-15(14)19/h5-8,10,12,16H,2-4,9,11H2,1H3. The van der Waals surface area contributed by atoms with Crippen LogP contribution in [0.15, 0.2) is 36.9 Å². The smallest absolute Gasteiger partial charge is 0.352 e. The summed E-state index contributed by atoms with van der Waals surface area (Å²) < 4.78 is 13.2. The highest BCUT2D eigenvalue weighted by molar-refractivity contribution is 7.79. The number of rotatable bonds is 8. The third-order valence-corrected chi connectivity index (χ3v) is 4.23. The zero-order chi connectivity index (χ0) is 17.4. The first-order valence-corrected chi connectivity index (χ1v) is 9.00. The lowest BCUT2D eigenvalue weighted by Gasteiger charge is -2.21. The highest BCUT2D eigenvalue weighted by Gasteiger charge is 2.19. The van der Waals surface area contributed by atoms with Gasteiger partial charge in [0.15, 0.2) is 0 Å². The van der Waals surface area contributed by atoms with Crippen LogP contribution in [0.4, 0.5) is 0 Å². The summed E-state index contributed by atoms with van der Waals surface area (Å²) in [5.74, 6) is 0. The lowest BCUT2D eigenvalue weighted by molar-refractivity contribution is 0.105. The molecule has 1 aromatic carbocycles. The van der Waals surface area contributed by atoms with Gasteiger partial charge < -0.3 is 14.0 Å². The molecule has 130 valence electrons. The summed E-state index contributed by atoms with van der Waals surface area (Å²) in [6, 6.07) is 5.30. The van der Waals surface area contributed by atoms with Crippen molar-refractivity contribution in [1.29, 1.82) is 0 Å². The van der Waals surface area contributed by atoms with E-state index in [1.165, 1.54) is 0 Å². The minimum absolute atomic E-state index is 0.127. The van der Waals surface area contributed by atoms with Crippen LogP contribution in [-0.4, -0.2) is 21.4 Å². The summed E-state index contributed by atoms with van der Waals surface area (Å²) in [6.45, 7) is 3.21. The Balaban J connectivity index is 2.06. The van der Waals surface area contributed by atoms with Crippen LogP contribution in [0.2, 0.25) is 10.0 Å². The second-order valence-corrected chi connectivity index (χ2v) is 6.51. The predicted molar refractivity (Wildman–Crippen MR) is 101 cm³/mol. The molecular weight excluding hydrogens is 367 g/mol. The van der Waals surface area contributed by atoms with Crippen molar-refractivity contribution in [2.24, 2.45) is 0 Å². The molecule has 0 radical (unpaired) electrons. The average molecular weight is 387 g/mol. The fraction of sp³-hybridized carbons (Fsp3) is 0.412. The molecule has 7 heteroatoms. The number of unbranched alkanes of at least 4 members (excludes halogenated alkanes) is 2. The van der Waals surface area contributed by atoms with Crippen molar-refractivity contribution >= 4 is 40.7 Å². The van der Waals surface area contributed by atoms with Crippen LogP contribution in [0, 0.1) is 0 Å². The van der Waals surface area contributed by atoms with Gasteiger partial charge in [0.2, 0.25) is 0 Å². The van der Waals surface area contributed by atoms with E-state index in [1.54, 1.807) is 24.7 Å². The Morgan fingerprint density at radius 2 is 2.17 bits per heavy atom. The number of imidazole rings is 1. The number of nitrogens with zero attached hydrogens (tertiary/aromatic N) is 2. The molecule has 0 spiro atoms. The van der Waals surface area contributed by atoms with Crippen LogP contribution < -0.4 is 0 Å². The fourth-order valence-corrected chi connectivity index (χ4v) is 2.94. The number of aromatic nitrogens is 2. The van der Waals surface area contributed by atoms with E-state index in [0.717, 1.165) is 24.8 Å². The first-order valence-electron chi connectivity index (χ1n) is 7.84. The van der Waals surface area contributed by atoms with Gasteiger partial charge in [-0.15, -0.1) is 0 Å². The van der Waals surface area contributed by atoms with Gasteiger partial charge in [-0.1, -0.05) is 49.0 Å². The summed E-state index contributed by atoms with van der Waals surface area (Å²) in [7, 11) is 0. The van der Waals surface area contributed by atoms with E-state index < -0.39 is 0 Å². The summed E-state index contributed by atoms with van der Waals surface area (Å²) in [5, 5.41) is 1.23. The first-order chi connectivity index (χ1) is 11.6. The maximum Gasteiger partial charge on any atom is 0.352 e. The van der Waals surface area contributed by atoms with E-state index in [1.807, 2.05) is 16.8 Å². The molecule has 0 saturated heterocycles. The molecule has 4 nitrogen and oxygen atoms in total. The summed E-state index contributed by atoms with van der Waals surface area (Å²) in [4.78, 5) is 4.04. The van der Waals surface area contributed by atoms with E-state index in [4.69, 9.17) is 44.9 Å². The van der Waals surface area contributed by atoms with Gasteiger partial charge in [0.25, 0.3) is 0 Å². The number of halogens is 2. The van der Waals surface area contributed by atoms with Crippen molar-refractivity contribution in [1.82, 2.24) is 9.55 Å². The van der Waals surface area contributed by atoms with Gasteiger partial charge in [0.05, 0.1) is 19.5 Å². The van der Waals surface area contributed by atoms with E-state index in [2.05, 4.69) is 11.9 Å². The lowest BCUT2D eigenvalue weighted by atomic mass is 10.1. The van der Waals surface area contributed by atoms with Gasteiger partial charge >= 0.3 is 5.24 Å². The van der Waals surface area contributed by atoms with Gasteiger partial charge in [-0.25, -0.2) is 4.98 Å². The molecule has 0 aliphatic heterocycles. The first kappa shape index (κ1) is 19.0. The van der Waals surface area contributed by atoms with Crippen LogP contribution in [0.1, 0.15) is 37.9 Å². The molecule has 1 unspecified atom stereocenters. The Labute approximate surface area is 157 Å². The molecule has 1 aromatic heterocycles. The number of hydrogen-bond donors (Lipinski definition) is 0. The van der Waals surface area contributed by atoms with Gasteiger partial charge in [-0.05, 0) is 18.6 Å². The Kier molecular flexibility index (Phi) is 7.82. The maximum absolute atomic E-state index is 6.32. The number of thiocarbonyl (C=S) groups is 1. The summed E-state index contributed by atoms with van der Waals surface area (Å²) in [6.07, 6.45) is 8.07. The minimum Gasteiger partial charge on any atom is -0.457 e. The van der Waals surface area contributed by atoms with Crippen molar-refractivity contribution in [2.75, 3.05) is 6.61 Å². The average Bonchev–Trinajstić information content (AvgIpc) is 3.04. The molecule has 2 aromatic rings. The zero-order valence-corrected chi connectivity index (χ0v) is 15.8. The van der Waals surface area contributed by atoms with Crippen LogP contribution >= 0.6 is 35.4 Å². The van der Waals surface area contributed by atoms with Gasteiger partial charge in [0.1, 0.15) is 6.10 Å². The van der Waals surface area contributed by atoms with E-state index in [9.17, 15) is 0 Å². The number of ether oxygens (including phenoxy) is 2. The maximum atomic E-state index is 6.32. The highest BCUT2D eigenvalue weighted by Crippen LogP contribution is 2.30. The van der Waals surface area contributed by atoms with Crippen molar-refractivity contribution in [3.8, 4) is 0 Å². The SMILES string of the molecule is CCCCCOC(=S)OC(Cn1ccnc1)c1ccc(Cl)cc1Cl. The molecule has 0 aliphatic carbocycles. The normalized spacial score (nSPS) is 12.0. The van der Waals surface area contributed by atoms with Crippen molar-refractivity contribution < 1.29 is 9.47 Å². The monoisotopic (exact) mass is 386 g/mol. The van der Waals surface area contributed by atoms with Crippen LogP contribution in [0.25, 0.3) is 0 Å². The van der Waals surface area contributed by atoms with Crippen molar-refractivity contribution in [2.45, 2.75) is 38.8 Å². The molecule has 0 bridgehead atoms. The molecule has 0 N–H and O–H groups in total. The highest BCUT2D eigenvalue weighted by atomic mass is 35.5. The van der Waals surface area contributed by atoms with Gasteiger partial charge in [0, 0.05) is 40.2 Å². The van der Waals surface area contributed by atoms with E-state index in [-0.39, 0.29) is 11.3 Å². The summed E-state index contributed by atoms with van der Waals surface area (Å²) in [5.41, 5.74) is 0.800.